The minimum absolute atomic E-state index is 0.703. The van der Waals surface area contributed by atoms with Crippen molar-refractivity contribution in [2.24, 2.45) is 0 Å². The molecule has 1 unspecified atom stereocenters. The zero-order valence-electron chi connectivity index (χ0n) is 15.4. The summed E-state index contributed by atoms with van der Waals surface area (Å²) >= 11 is 1.94. The fraction of sp³-hybridized carbons (Fsp3) is 0.417. The first-order valence-corrected chi connectivity index (χ1v) is 10.7. The minimum atomic E-state index is 0.703. The zero-order chi connectivity index (χ0) is 17.3. The molecule has 0 nitrogen and oxygen atoms in total. The summed E-state index contributed by atoms with van der Waals surface area (Å²) in [5.74, 6) is 0.703. The van der Waals surface area contributed by atoms with Gasteiger partial charge in [0.1, 0.15) is 0 Å². The van der Waals surface area contributed by atoms with E-state index < -0.39 is 0 Å². The van der Waals surface area contributed by atoms with Gasteiger partial charge in [0.25, 0.3) is 0 Å². The van der Waals surface area contributed by atoms with Gasteiger partial charge in [0.2, 0.25) is 0 Å². The second kappa shape index (κ2) is 9.87. The summed E-state index contributed by atoms with van der Waals surface area (Å²) in [6.45, 7) is 2.27. The second-order valence-electron chi connectivity index (χ2n) is 7.11. The number of thioether (sulfide) groups is 1. The zero-order valence-corrected chi connectivity index (χ0v) is 16.2. The lowest BCUT2D eigenvalue weighted by molar-refractivity contribution is 0.612. The van der Waals surface area contributed by atoms with Crippen molar-refractivity contribution >= 4 is 11.8 Å². The predicted octanol–water partition coefficient (Wildman–Crippen LogP) is 7.75. The Morgan fingerprint density at radius 3 is 2.40 bits per heavy atom. The molecule has 2 aromatic rings. The van der Waals surface area contributed by atoms with E-state index in [0.29, 0.717) is 5.92 Å². The maximum atomic E-state index is 2.46. The van der Waals surface area contributed by atoms with E-state index in [1.807, 2.05) is 11.8 Å². The van der Waals surface area contributed by atoms with Gasteiger partial charge in [0, 0.05) is 4.90 Å². The molecular formula is C24H30S. The molecule has 1 aliphatic carbocycles. The topological polar surface area (TPSA) is 0 Å². The van der Waals surface area contributed by atoms with E-state index in [1.54, 1.807) is 0 Å². The lowest BCUT2D eigenvalue weighted by Crippen LogP contribution is -2.03. The van der Waals surface area contributed by atoms with E-state index in [4.69, 9.17) is 0 Å². The van der Waals surface area contributed by atoms with Gasteiger partial charge in [0.05, 0.1) is 0 Å². The summed E-state index contributed by atoms with van der Waals surface area (Å²) in [5, 5.41) is 0. The number of aryl methyl sites for hydroxylation is 1. The Kier molecular flexibility index (Phi) is 7.23. The van der Waals surface area contributed by atoms with Crippen LogP contribution in [0.25, 0.3) is 0 Å². The van der Waals surface area contributed by atoms with E-state index >= 15 is 0 Å². The summed E-state index contributed by atoms with van der Waals surface area (Å²) in [5.41, 5.74) is 3.03. The van der Waals surface area contributed by atoms with E-state index in [1.165, 1.54) is 72.3 Å². The van der Waals surface area contributed by atoms with Crippen molar-refractivity contribution in [3.8, 4) is 0 Å². The van der Waals surface area contributed by atoms with Crippen LogP contribution in [-0.4, -0.2) is 0 Å². The molecule has 0 aliphatic heterocycles. The van der Waals surface area contributed by atoms with E-state index in [-0.39, 0.29) is 0 Å². The highest BCUT2D eigenvalue weighted by atomic mass is 32.2. The van der Waals surface area contributed by atoms with Gasteiger partial charge in [-0.15, -0.1) is 0 Å². The Hall–Kier alpha value is -1.47. The molecule has 2 aromatic carbocycles. The quantitative estimate of drug-likeness (QED) is 0.438. The Labute approximate surface area is 157 Å². The van der Waals surface area contributed by atoms with Crippen molar-refractivity contribution in [2.75, 3.05) is 0 Å². The third-order valence-corrected chi connectivity index (χ3v) is 6.27. The Balaban J connectivity index is 1.50. The van der Waals surface area contributed by atoms with Crippen LogP contribution in [0.3, 0.4) is 0 Å². The first-order valence-electron chi connectivity index (χ1n) is 9.86. The van der Waals surface area contributed by atoms with Crippen LogP contribution in [0.15, 0.2) is 70.5 Å². The number of hydrogen-bond acceptors (Lipinski definition) is 1. The van der Waals surface area contributed by atoms with Crippen LogP contribution < -0.4 is 0 Å². The molecule has 25 heavy (non-hydrogen) atoms. The Bertz CT molecular complexity index is 654. The highest BCUT2D eigenvalue weighted by molar-refractivity contribution is 8.03. The van der Waals surface area contributed by atoms with Gasteiger partial charge in [-0.25, -0.2) is 0 Å². The third kappa shape index (κ3) is 5.78. The molecule has 0 amide bonds. The van der Waals surface area contributed by atoms with Crippen LogP contribution in [0, 0.1) is 0 Å². The van der Waals surface area contributed by atoms with Crippen molar-refractivity contribution in [1.82, 2.24) is 0 Å². The van der Waals surface area contributed by atoms with Crippen LogP contribution in [-0.2, 0) is 6.42 Å². The molecule has 0 radical (unpaired) electrons. The largest absolute Gasteiger partial charge is 0.0949 e. The highest BCUT2D eigenvalue weighted by Crippen LogP contribution is 2.39. The highest BCUT2D eigenvalue weighted by Gasteiger charge is 2.16. The number of benzene rings is 2. The third-order valence-electron chi connectivity index (χ3n) is 5.13. The summed E-state index contributed by atoms with van der Waals surface area (Å²) in [6.07, 6.45) is 12.8. The average Bonchev–Trinajstić information content (AvgIpc) is 2.67. The lowest BCUT2D eigenvalue weighted by atomic mass is 9.87. The number of allylic oxidation sites excluding steroid dienone is 2. The molecular weight excluding hydrogens is 320 g/mol. The summed E-state index contributed by atoms with van der Waals surface area (Å²) in [6, 6.07) is 20.2. The van der Waals surface area contributed by atoms with Crippen LogP contribution in [0.1, 0.15) is 68.9 Å². The molecule has 3 rings (SSSR count). The van der Waals surface area contributed by atoms with E-state index in [9.17, 15) is 0 Å². The van der Waals surface area contributed by atoms with Gasteiger partial charge in [-0.3, -0.25) is 0 Å². The molecule has 1 heteroatoms. The molecule has 132 valence electrons. The first-order chi connectivity index (χ1) is 12.3. The molecule has 1 atom stereocenters. The molecule has 0 spiro atoms. The molecule has 0 saturated carbocycles. The van der Waals surface area contributed by atoms with Crippen LogP contribution in [0.2, 0.25) is 0 Å². The van der Waals surface area contributed by atoms with Crippen molar-refractivity contribution in [3.63, 3.8) is 0 Å². The smallest absolute Gasteiger partial charge is 0.0118 e. The van der Waals surface area contributed by atoms with Gasteiger partial charge >= 0.3 is 0 Å². The fourth-order valence-corrected chi connectivity index (χ4v) is 4.55. The number of unbranched alkanes of at least 4 members (excludes halogenated alkanes) is 3. The molecule has 1 aliphatic rings. The Morgan fingerprint density at radius 1 is 0.920 bits per heavy atom. The van der Waals surface area contributed by atoms with Gasteiger partial charge in [-0.1, -0.05) is 86.5 Å². The van der Waals surface area contributed by atoms with Gasteiger partial charge in [-0.2, -0.15) is 0 Å². The second-order valence-corrected chi connectivity index (χ2v) is 8.31. The normalized spacial score (nSPS) is 17.3. The van der Waals surface area contributed by atoms with Crippen molar-refractivity contribution in [1.29, 1.82) is 0 Å². The van der Waals surface area contributed by atoms with Crippen molar-refractivity contribution < 1.29 is 0 Å². The summed E-state index contributed by atoms with van der Waals surface area (Å²) < 4.78 is 0. The minimum Gasteiger partial charge on any atom is -0.0949 e. The molecule has 0 saturated heterocycles. The molecule has 0 N–H and O–H groups in total. The molecule has 0 heterocycles. The lowest BCUT2D eigenvalue weighted by Gasteiger charge is -2.22. The van der Waals surface area contributed by atoms with Gasteiger partial charge in [0.15, 0.2) is 0 Å². The standard InChI is InChI=1S/C24H30S/c1-2-3-4-6-9-20-12-14-21(15-13-20)22-16-18-24(19-17-22)25-23-10-7-5-8-11-23/h5,7-8,10-15,18,22H,2-4,6,9,16-17,19H2,1H3. The molecule has 0 bridgehead atoms. The van der Waals surface area contributed by atoms with Crippen LogP contribution in [0.5, 0.6) is 0 Å². The number of rotatable bonds is 8. The Morgan fingerprint density at radius 2 is 1.72 bits per heavy atom. The van der Waals surface area contributed by atoms with Gasteiger partial charge < -0.3 is 0 Å². The van der Waals surface area contributed by atoms with Crippen LogP contribution in [0.4, 0.5) is 0 Å². The maximum absolute atomic E-state index is 2.46. The van der Waals surface area contributed by atoms with Crippen LogP contribution >= 0.6 is 11.8 Å². The van der Waals surface area contributed by atoms with E-state index in [2.05, 4.69) is 67.6 Å². The SMILES string of the molecule is CCCCCCc1ccc(C2CC=C(Sc3ccccc3)CC2)cc1. The summed E-state index contributed by atoms with van der Waals surface area (Å²) in [7, 11) is 0. The van der Waals surface area contributed by atoms with E-state index in [0.717, 1.165) is 0 Å². The molecule has 0 fully saturated rings. The van der Waals surface area contributed by atoms with Crippen molar-refractivity contribution in [2.45, 2.75) is 69.1 Å². The summed E-state index contributed by atoms with van der Waals surface area (Å²) in [4.78, 5) is 2.90. The molecule has 0 aromatic heterocycles. The van der Waals surface area contributed by atoms with Gasteiger partial charge in [-0.05, 0) is 66.2 Å². The van der Waals surface area contributed by atoms with Crippen molar-refractivity contribution in [3.05, 3.63) is 76.7 Å². The first kappa shape index (κ1) is 18.3. The maximum Gasteiger partial charge on any atom is 0.0118 e. The average molecular weight is 351 g/mol. The number of hydrogen-bond donors (Lipinski definition) is 0. The fourth-order valence-electron chi connectivity index (χ4n) is 3.56. The predicted molar refractivity (Wildman–Crippen MR) is 111 cm³/mol. The monoisotopic (exact) mass is 350 g/mol.